The molecule has 0 saturated carbocycles. The molecular formula is C10H13N3O2. The van der Waals surface area contributed by atoms with E-state index in [1.807, 2.05) is 13.0 Å². The Morgan fingerprint density at radius 2 is 2.40 bits per heavy atom. The third-order valence-electron chi connectivity index (χ3n) is 1.90. The van der Waals surface area contributed by atoms with Gasteiger partial charge in [0.1, 0.15) is 5.76 Å². The maximum Gasteiger partial charge on any atom is 0.290 e. The van der Waals surface area contributed by atoms with E-state index in [2.05, 4.69) is 5.10 Å². The molecule has 0 aliphatic carbocycles. The molecule has 5 heteroatoms. The fourth-order valence-corrected chi connectivity index (χ4v) is 1.23. The molecule has 0 fully saturated rings. The summed E-state index contributed by atoms with van der Waals surface area (Å²) in [5.74, 6) is 1.94. The zero-order valence-electron chi connectivity index (χ0n) is 8.51. The van der Waals surface area contributed by atoms with Gasteiger partial charge in [0.05, 0.1) is 18.9 Å². The average molecular weight is 207 g/mol. The van der Waals surface area contributed by atoms with Gasteiger partial charge in [-0.25, -0.2) is 0 Å². The molecule has 0 atom stereocenters. The van der Waals surface area contributed by atoms with Gasteiger partial charge in [-0.05, 0) is 13.0 Å². The lowest BCUT2D eigenvalue weighted by Gasteiger charge is -1.97. The van der Waals surface area contributed by atoms with Crippen molar-refractivity contribution >= 4 is 0 Å². The van der Waals surface area contributed by atoms with Crippen LogP contribution in [0.1, 0.15) is 5.76 Å². The van der Waals surface area contributed by atoms with E-state index in [4.69, 9.17) is 14.9 Å². The summed E-state index contributed by atoms with van der Waals surface area (Å²) >= 11 is 0. The lowest BCUT2D eigenvalue weighted by molar-refractivity contribution is 0.337. The van der Waals surface area contributed by atoms with Gasteiger partial charge in [0.25, 0.3) is 5.95 Å². The molecule has 0 aliphatic heterocycles. The topological polar surface area (TPSA) is 66.2 Å². The van der Waals surface area contributed by atoms with Crippen molar-refractivity contribution in [3.8, 4) is 11.7 Å². The molecule has 0 aromatic carbocycles. The molecular weight excluding hydrogens is 194 g/mol. The largest absolute Gasteiger partial charge is 0.431 e. The molecule has 0 radical (unpaired) electrons. The number of nitrogens with two attached hydrogens (primary N) is 1. The Labute approximate surface area is 87.4 Å². The standard InChI is InChI=1S/C10H13N3O2/c1-8-2-3-10(14-8)15-9-6-12-13(7-9)5-4-11/h2-3,6-7H,4-5,11H2,1H3. The summed E-state index contributed by atoms with van der Waals surface area (Å²) in [6, 6.07) is 3.62. The van der Waals surface area contributed by atoms with Gasteiger partial charge < -0.3 is 14.9 Å². The van der Waals surface area contributed by atoms with Gasteiger partial charge in [-0.2, -0.15) is 5.10 Å². The first-order valence-corrected chi connectivity index (χ1v) is 4.75. The Kier molecular flexibility index (Phi) is 2.73. The third-order valence-corrected chi connectivity index (χ3v) is 1.90. The highest BCUT2D eigenvalue weighted by atomic mass is 16.6. The second-order valence-electron chi connectivity index (χ2n) is 3.19. The van der Waals surface area contributed by atoms with Crippen LogP contribution in [0.25, 0.3) is 0 Å². The fraction of sp³-hybridized carbons (Fsp3) is 0.300. The van der Waals surface area contributed by atoms with Gasteiger partial charge in [0, 0.05) is 12.6 Å². The molecule has 2 rings (SSSR count). The summed E-state index contributed by atoms with van der Waals surface area (Å²) < 4.78 is 12.4. The molecule has 0 spiro atoms. The van der Waals surface area contributed by atoms with Gasteiger partial charge in [0.15, 0.2) is 5.75 Å². The van der Waals surface area contributed by atoms with Crippen LogP contribution in [0.15, 0.2) is 28.9 Å². The molecule has 0 amide bonds. The van der Waals surface area contributed by atoms with Crippen LogP contribution in [0.5, 0.6) is 11.7 Å². The molecule has 0 bridgehead atoms. The van der Waals surface area contributed by atoms with E-state index in [1.54, 1.807) is 23.1 Å². The van der Waals surface area contributed by atoms with E-state index < -0.39 is 0 Å². The molecule has 2 aromatic heterocycles. The summed E-state index contributed by atoms with van der Waals surface area (Å²) in [5.41, 5.74) is 5.41. The van der Waals surface area contributed by atoms with E-state index in [0.717, 1.165) is 5.76 Å². The SMILES string of the molecule is Cc1ccc(Oc2cnn(CCN)c2)o1. The van der Waals surface area contributed by atoms with Gasteiger partial charge in [-0.1, -0.05) is 0 Å². The van der Waals surface area contributed by atoms with Gasteiger partial charge in [-0.15, -0.1) is 0 Å². The van der Waals surface area contributed by atoms with E-state index in [0.29, 0.717) is 24.8 Å². The summed E-state index contributed by atoms with van der Waals surface area (Å²) in [6.45, 7) is 3.10. The summed E-state index contributed by atoms with van der Waals surface area (Å²) in [4.78, 5) is 0. The number of furan rings is 1. The maximum absolute atomic E-state index is 5.44. The quantitative estimate of drug-likeness (QED) is 0.825. The Morgan fingerprint density at radius 1 is 1.53 bits per heavy atom. The van der Waals surface area contributed by atoms with E-state index in [9.17, 15) is 0 Å². The molecule has 2 heterocycles. The van der Waals surface area contributed by atoms with Crippen molar-refractivity contribution in [1.29, 1.82) is 0 Å². The first-order valence-electron chi connectivity index (χ1n) is 4.75. The van der Waals surface area contributed by atoms with Gasteiger partial charge >= 0.3 is 0 Å². The van der Waals surface area contributed by atoms with Crippen LogP contribution in [0.3, 0.4) is 0 Å². The average Bonchev–Trinajstić information content (AvgIpc) is 2.78. The monoisotopic (exact) mass is 207 g/mol. The van der Waals surface area contributed by atoms with E-state index >= 15 is 0 Å². The van der Waals surface area contributed by atoms with Crippen molar-refractivity contribution in [2.24, 2.45) is 5.73 Å². The second kappa shape index (κ2) is 4.18. The highest BCUT2D eigenvalue weighted by molar-refractivity contribution is 5.20. The number of hydrogen-bond donors (Lipinski definition) is 1. The second-order valence-corrected chi connectivity index (χ2v) is 3.19. The zero-order chi connectivity index (χ0) is 10.7. The Bertz CT molecular complexity index is 433. The predicted molar refractivity (Wildman–Crippen MR) is 54.8 cm³/mol. The minimum Gasteiger partial charge on any atom is -0.431 e. The maximum atomic E-state index is 5.44. The predicted octanol–water partition coefficient (Wildman–Crippen LogP) is 1.54. The first-order chi connectivity index (χ1) is 7.28. The number of aromatic nitrogens is 2. The molecule has 2 N–H and O–H groups in total. The number of rotatable bonds is 4. The van der Waals surface area contributed by atoms with Gasteiger partial charge in [-0.3, -0.25) is 4.68 Å². The molecule has 2 aromatic rings. The van der Waals surface area contributed by atoms with Crippen molar-refractivity contribution in [3.05, 3.63) is 30.3 Å². The van der Waals surface area contributed by atoms with E-state index in [-0.39, 0.29) is 0 Å². The lowest BCUT2D eigenvalue weighted by Crippen LogP contribution is -2.09. The van der Waals surface area contributed by atoms with Crippen LogP contribution >= 0.6 is 0 Å². The summed E-state index contributed by atoms with van der Waals surface area (Å²) in [5, 5.41) is 4.08. The highest BCUT2D eigenvalue weighted by Gasteiger charge is 2.03. The van der Waals surface area contributed by atoms with Crippen LogP contribution in [0, 0.1) is 6.92 Å². The highest BCUT2D eigenvalue weighted by Crippen LogP contribution is 2.22. The minimum atomic E-state index is 0.472. The third kappa shape index (κ3) is 2.38. The Morgan fingerprint density at radius 3 is 3.07 bits per heavy atom. The number of aryl methyl sites for hydroxylation is 1. The van der Waals surface area contributed by atoms with Crippen LogP contribution < -0.4 is 10.5 Å². The zero-order valence-corrected chi connectivity index (χ0v) is 8.51. The van der Waals surface area contributed by atoms with E-state index in [1.165, 1.54) is 0 Å². The van der Waals surface area contributed by atoms with Crippen molar-refractivity contribution in [2.45, 2.75) is 13.5 Å². The van der Waals surface area contributed by atoms with Crippen molar-refractivity contribution < 1.29 is 9.15 Å². The molecule has 0 aliphatic rings. The van der Waals surface area contributed by atoms with Crippen LogP contribution in [0.4, 0.5) is 0 Å². The first kappa shape index (κ1) is 9.79. The fourth-order valence-electron chi connectivity index (χ4n) is 1.23. The molecule has 80 valence electrons. The number of nitrogens with zero attached hydrogens (tertiary/aromatic N) is 2. The van der Waals surface area contributed by atoms with Crippen LogP contribution in [-0.4, -0.2) is 16.3 Å². The smallest absolute Gasteiger partial charge is 0.290 e. The molecule has 0 saturated heterocycles. The van der Waals surface area contributed by atoms with Crippen molar-refractivity contribution in [2.75, 3.05) is 6.54 Å². The van der Waals surface area contributed by atoms with Crippen molar-refractivity contribution in [1.82, 2.24) is 9.78 Å². The summed E-state index contributed by atoms with van der Waals surface area (Å²) in [7, 11) is 0. The minimum absolute atomic E-state index is 0.472. The number of hydrogen-bond acceptors (Lipinski definition) is 4. The van der Waals surface area contributed by atoms with Crippen LogP contribution in [0.2, 0.25) is 0 Å². The Hall–Kier alpha value is -1.75. The normalized spacial score (nSPS) is 10.5. The van der Waals surface area contributed by atoms with Crippen LogP contribution in [-0.2, 0) is 6.54 Å². The number of ether oxygens (including phenoxy) is 1. The van der Waals surface area contributed by atoms with Gasteiger partial charge in [0.2, 0.25) is 0 Å². The Balaban J connectivity index is 2.04. The summed E-state index contributed by atoms with van der Waals surface area (Å²) in [6.07, 6.45) is 3.41. The lowest BCUT2D eigenvalue weighted by atomic mass is 10.5. The molecule has 0 unspecified atom stereocenters. The molecule has 15 heavy (non-hydrogen) atoms. The van der Waals surface area contributed by atoms with Crippen molar-refractivity contribution in [3.63, 3.8) is 0 Å². The molecule has 5 nitrogen and oxygen atoms in total.